The average molecular weight is 437 g/mol. The number of nitrogens with one attached hydrogen (secondary N) is 1. The molecule has 0 radical (unpaired) electrons. The summed E-state index contributed by atoms with van der Waals surface area (Å²) in [4.78, 5) is 13.5. The first-order valence-corrected chi connectivity index (χ1v) is 9.39. The topological polar surface area (TPSA) is 105 Å². The molecule has 3 aromatic rings. The summed E-state index contributed by atoms with van der Waals surface area (Å²) in [7, 11) is 0. The molecule has 2 aromatic carbocycles. The number of rotatable bonds is 4. The zero-order chi connectivity index (χ0) is 22.3. The second-order valence-corrected chi connectivity index (χ2v) is 7.15. The Labute approximate surface area is 173 Å². The molecule has 1 aliphatic rings. The SMILES string of the molecule is CC(O)c1cc(C(F)(F)F)ccc1Oc1ccc2c(c1)OCC[C@H]2c1oc(=O)[nH]c1O. The second kappa shape index (κ2) is 7.69. The molecular weight excluding hydrogens is 419 g/mol. The van der Waals surface area contributed by atoms with Crippen LogP contribution >= 0.6 is 0 Å². The van der Waals surface area contributed by atoms with E-state index < -0.39 is 29.5 Å². The van der Waals surface area contributed by atoms with Crippen LogP contribution in [0.3, 0.4) is 0 Å². The van der Waals surface area contributed by atoms with E-state index in [4.69, 9.17) is 13.9 Å². The fourth-order valence-electron chi connectivity index (χ4n) is 3.54. The molecule has 7 nitrogen and oxygen atoms in total. The standard InChI is InChI=1S/C21H18F3NO6/c1-10(26)15-8-11(21(22,23)24)2-5-16(15)30-12-3-4-13-14(6-7-29-17(13)9-12)18-19(27)25-20(28)31-18/h2-5,8-10,14,26-27H,6-7H2,1H3,(H,25,28)/t10?,14-/m1/s1. The zero-order valence-corrected chi connectivity index (χ0v) is 16.2. The van der Waals surface area contributed by atoms with E-state index in [1.165, 1.54) is 6.92 Å². The highest BCUT2D eigenvalue weighted by atomic mass is 19.4. The van der Waals surface area contributed by atoms with Crippen molar-refractivity contribution in [3.8, 4) is 23.1 Å². The Bertz CT molecular complexity index is 1160. The molecule has 10 heteroatoms. The summed E-state index contributed by atoms with van der Waals surface area (Å²) in [5.41, 5.74) is -0.245. The van der Waals surface area contributed by atoms with Gasteiger partial charge < -0.3 is 24.1 Å². The van der Waals surface area contributed by atoms with Crippen molar-refractivity contribution in [2.75, 3.05) is 6.61 Å². The van der Waals surface area contributed by atoms with Gasteiger partial charge in [-0.3, -0.25) is 4.98 Å². The van der Waals surface area contributed by atoms with Crippen LogP contribution in [0.25, 0.3) is 0 Å². The number of aromatic hydroxyl groups is 1. The number of aromatic nitrogens is 1. The molecule has 4 rings (SSSR count). The van der Waals surface area contributed by atoms with Crippen LogP contribution in [0.4, 0.5) is 13.2 Å². The molecule has 0 fully saturated rings. The predicted molar refractivity (Wildman–Crippen MR) is 102 cm³/mol. The van der Waals surface area contributed by atoms with Gasteiger partial charge >= 0.3 is 11.9 Å². The van der Waals surface area contributed by atoms with E-state index in [1.807, 2.05) is 0 Å². The number of hydrogen-bond acceptors (Lipinski definition) is 6. The number of H-pyrrole nitrogens is 1. The molecule has 164 valence electrons. The fraction of sp³-hybridized carbons (Fsp3) is 0.286. The van der Waals surface area contributed by atoms with Gasteiger partial charge in [0.25, 0.3) is 0 Å². The van der Waals surface area contributed by atoms with E-state index in [0.29, 0.717) is 17.7 Å². The Morgan fingerprint density at radius 3 is 2.65 bits per heavy atom. The Balaban J connectivity index is 1.66. The van der Waals surface area contributed by atoms with Gasteiger partial charge in [0, 0.05) is 17.2 Å². The Hall–Kier alpha value is -3.40. The molecule has 2 heterocycles. The minimum Gasteiger partial charge on any atom is -0.493 e. The molecule has 0 bridgehead atoms. The molecule has 1 unspecified atom stereocenters. The van der Waals surface area contributed by atoms with Crippen LogP contribution in [0, 0.1) is 0 Å². The van der Waals surface area contributed by atoms with Crippen LogP contribution in [-0.2, 0) is 6.18 Å². The maximum Gasteiger partial charge on any atom is 0.419 e. The number of hydrogen-bond donors (Lipinski definition) is 3. The lowest BCUT2D eigenvalue weighted by Gasteiger charge is -2.25. The summed E-state index contributed by atoms with van der Waals surface area (Å²) in [5.74, 6) is -0.672. The monoisotopic (exact) mass is 437 g/mol. The van der Waals surface area contributed by atoms with Crippen LogP contribution in [0.15, 0.2) is 45.6 Å². The number of ether oxygens (including phenoxy) is 2. The van der Waals surface area contributed by atoms with E-state index in [9.17, 15) is 28.2 Å². The largest absolute Gasteiger partial charge is 0.493 e. The van der Waals surface area contributed by atoms with E-state index in [2.05, 4.69) is 4.98 Å². The number of fused-ring (bicyclic) bond motifs is 1. The van der Waals surface area contributed by atoms with Crippen molar-refractivity contribution in [1.29, 1.82) is 0 Å². The summed E-state index contributed by atoms with van der Waals surface area (Å²) in [6.45, 7) is 1.63. The average Bonchev–Trinajstić information content (AvgIpc) is 3.04. The number of oxazole rings is 1. The molecule has 1 aromatic heterocycles. The molecule has 0 amide bonds. The van der Waals surface area contributed by atoms with Gasteiger partial charge in [0.1, 0.15) is 17.2 Å². The third-order valence-electron chi connectivity index (χ3n) is 5.01. The smallest absolute Gasteiger partial charge is 0.419 e. The summed E-state index contributed by atoms with van der Waals surface area (Å²) in [5, 5.41) is 19.8. The van der Waals surface area contributed by atoms with E-state index in [-0.39, 0.29) is 35.3 Å². The highest BCUT2D eigenvalue weighted by molar-refractivity contribution is 5.49. The van der Waals surface area contributed by atoms with Crippen molar-refractivity contribution in [2.24, 2.45) is 0 Å². The van der Waals surface area contributed by atoms with E-state index in [1.54, 1.807) is 18.2 Å². The Morgan fingerprint density at radius 1 is 1.23 bits per heavy atom. The van der Waals surface area contributed by atoms with Gasteiger partial charge in [0.05, 0.1) is 24.2 Å². The number of alkyl halides is 3. The fourth-order valence-corrected chi connectivity index (χ4v) is 3.54. The predicted octanol–water partition coefficient (Wildman–Crippen LogP) is 4.45. The third kappa shape index (κ3) is 4.11. The van der Waals surface area contributed by atoms with Crippen molar-refractivity contribution in [1.82, 2.24) is 4.98 Å². The van der Waals surface area contributed by atoms with Crippen LogP contribution in [0.1, 0.15) is 47.8 Å². The minimum atomic E-state index is -4.55. The summed E-state index contributed by atoms with van der Waals surface area (Å²) < 4.78 is 55.4. The highest BCUT2D eigenvalue weighted by Crippen LogP contribution is 2.43. The van der Waals surface area contributed by atoms with Gasteiger partial charge in [-0.1, -0.05) is 6.07 Å². The van der Waals surface area contributed by atoms with Crippen LogP contribution < -0.4 is 15.2 Å². The number of halogens is 3. The molecule has 3 N–H and O–H groups in total. The lowest BCUT2D eigenvalue weighted by atomic mass is 9.91. The lowest BCUT2D eigenvalue weighted by molar-refractivity contribution is -0.137. The summed E-state index contributed by atoms with van der Waals surface area (Å²) in [6, 6.07) is 7.66. The molecule has 31 heavy (non-hydrogen) atoms. The third-order valence-corrected chi connectivity index (χ3v) is 5.01. The molecule has 0 saturated carbocycles. The van der Waals surface area contributed by atoms with Gasteiger partial charge in [-0.2, -0.15) is 13.2 Å². The van der Waals surface area contributed by atoms with Crippen molar-refractivity contribution in [2.45, 2.75) is 31.5 Å². The quantitative estimate of drug-likeness (QED) is 0.557. The van der Waals surface area contributed by atoms with Gasteiger partial charge in [-0.05, 0) is 37.6 Å². The first-order valence-electron chi connectivity index (χ1n) is 9.39. The molecular formula is C21H18F3NO6. The first kappa shape index (κ1) is 20.9. The van der Waals surface area contributed by atoms with Gasteiger partial charge in [0.15, 0.2) is 5.76 Å². The highest BCUT2D eigenvalue weighted by Gasteiger charge is 2.32. The van der Waals surface area contributed by atoms with E-state index >= 15 is 0 Å². The summed E-state index contributed by atoms with van der Waals surface area (Å²) in [6.07, 6.45) is -5.27. The minimum absolute atomic E-state index is 0.00893. The lowest BCUT2D eigenvalue weighted by Crippen LogP contribution is -2.15. The number of aromatic amines is 1. The first-order chi connectivity index (χ1) is 14.6. The molecule has 0 spiro atoms. The maximum atomic E-state index is 13.0. The molecule has 2 atom stereocenters. The van der Waals surface area contributed by atoms with Gasteiger partial charge in [0.2, 0.25) is 5.88 Å². The van der Waals surface area contributed by atoms with Gasteiger partial charge in [-0.15, -0.1) is 0 Å². The normalized spacial score (nSPS) is 17.0. The Morgan fingerprint density at radius 2 is 2.00 bits per heavy atom. The maximum absolute atomic E-state index is 13.0. The second-order valence-electron chi connectivity index (χ2n) is 7.15. The molecule has 1 aliphatic heterocycles. The zero-order valence-electron chi connectivity index (χ0n) is 16.2. The number of aliphatic hydroxyl groups excluding tert-OH is 1. The number of benzene rings is 2. The van der Waals surface area contributed by atoms with Crippen LogP contribution in [0.5, 0.6) is 23.1 Å². The van der Waals surface area contributed by atoms with E-state index in [0.717, 1.165) is 18.2 Å². The molecule has 0 aliphatic carbocycles. The van der Waals surface area contributed by atoms with Crippen molar-refractivity contribution >= 4 is 0 Å². The van der Waals surface area contributed by atoms with Crippen LogP contribution in [-0.4, -0.2) is 21.8 Å². The van der Waals surface area contributed by atoms with Crippen molar-refractivity contribution < 1.29 is 37.3 Å². The van der Waals surface area contributed by atoms with Crippen molar-refractivity contribution in [3.05, 3.63) is 69.4 Å². The Kier molecular flexibility index (Phi) is 5.18. The summed E-state index contributed by atoms with van der Waals surface area (Å²) >= 11 is 0. The number of aliphatic hydroxyl groups is 1. The van der Waals surface area contributed by atoms with Crippen molar-refractivity contribution in [3.63, 3.8) is 0 Å². The van der Waals surface area contributed by atoms with Gasteiger partial charge in [-0.25, -0.2) is 4.79 Å². The van der Waals surface area contributed by atoms with Crippen LogP contribution in [0.2, 0.25) is 0 Å². The molecule has 0 saturated heterocycles.